The summed E-state index contributed by atoms with van der Waals surface area (Å²) in [5, 5.41) is 9.49. The normalized spacial score (nSPS) is 12.5. The van der Waals surface area contributed by atoms with Gasteiger partial charge in [-0.2, -0.15) is 0 Å². The van der Waals surface area contributed by atoms with Crippen LogP contribution in [-0.2, 0) is 19.1 Å². The molecule has 5 nitrogen and oxygen atoms in total. The van der Waals surface area contributed by atoms with Crippen LogP contribution in [0.5, 0.6) is 0 Å². The number of carbonyl (C=O) groups excluding carboxylic acids is 2. The van der Waals surface area contributed by atoms with Crippen molar-refractivity contribution in [1.82, 2.24) is 0 Å². The molecule has 0 rings (SSSR count). The minimum Gasteiger partial charge on any atom is -0.462 e. The minimum atomic E-state index is -0.773. The summed E-state index contributed by atoms with van der Waals surface area (Å²) in [6.45, 7) is 4.07. The second kappa shape index (κ2) is 34.6. The first-order valence-electron chi connectivity index (χ1n) is 18.0. The van der Waals surface area contributed by atoms with Crippen LogP contribution < -0.4 is 0 Å². The molecule has 0 spiro atoms. The minimum absolute atomic E-state index is 0.0700. The predicted molar refractivity (Wildman–Crippen MR) is 182 cm³/mol. The Morgan fingerprint density at radius 3 is 1.40 bits per heavy atom. The Bertz CT molecular complexity index is 696. The van der Waals surface area contributed by atoms with Gasteiger partial charge in [0.25, 0.3) is 0 Å². The average molecular weight is 605 g/mol. The van der Waals surface area contributed by atoms with Crippen LogP contribution >= 0.6 is 0 Å². The van der Waals surface area contributed by atoms with Gasteiger partial charge in [0.05, 0.1) is 6.61 Å². The summed E-state index contributed by atoms with van der Waals surface area (Å²) in [5.74, 6) is -0.610. The molecular formula is C38H68O5. The number of hydrogen-bond acceptors (Lipinski definition) is 5. The van der Waals surface area contributed by atoms with E-state index in [0.717, 1.165) is 57.8 Å². The lowest BCUT2D eigenvalue weighted by Crippen LogP contribution is -2.28. The van der Waals surface area contributed by atoms with E-state index in [-0.39, 0.29) is 25.2 Å². The topological polar surface area (TPSA) is 72.8 Å². The molecule has 43 heavy (non-hydrogen) atoms. The van der Waals surface area contributed by atoms with Crippen molar-refractivity contribution in [3.8, 4) is 0 Å². The van der Waals surface area contributed by atoms with Gasteiger partial charge in [0.2, 0.25) is 0 Å². The number of aliphatic hydroxyl groups excluding tert-OH is 1. The van der Waals surface area contributed by atoms with E-state index in [1.807, 2.05) is 0 Å². The SMILES string of the molecule is CCCCCCC/C=C\C/C=C\C/C=C\CCCCCCCCC(=O)OC(CO)COC(=O)CCCCCCCCCC. The van der Waals surface area contributed by atoms with Crippen molar-refractivity contribution in [2.24, 2.45) is 0 Å². The van der Waals surface area contributed by atoms with E-state index in [1.165, 1.54) is 89.9 Å². The van der Waals surface area contributed by atoms with Gasteiger partial charge in [0.1, 0.15) is 6.61 Å². The second-order valence-electron chi connectivity index (χ2n) is 12.0. The van der Waals surface area contributed by atoms with E-state index in [2.05, 4.69) is 50.3 Å². The summed E-state index contributed by atoms with van der Waals surface area (Å²) >= 11 is 0. The zero-order valence-corrected chi connectivity index (χ0v) is 28.2. The van der Waals surface area contributed by atoms with Crippen LogP contribution in [0.3, 0.4) is 0 Å². The zero-order chi connectivity index (χ0) is 31.5. The van der Waals surface area contributed by atoms with Crippen molar-refractivity contribution in [3.05, 3.63) is 36.5 Å². The third-order valence-electron chi connectivity index (χ3n) is 7.69. The second-order valence-corrected chi connectivity index (χ2v) is 12.0. The van der Waals surface area contributed by atoms with Crippen molar-refractivity contribution < 1.29 is 24.2 Å². The van der Waals surface area contributed by atoms with Gasteiger partial charge < -0.3 is 14.6 Å². The summed E-state index contributed by atoms with van der Waals surface area (Å²) in [7, 11) is 0. The van der Waals surface area contributed by atoms with E-state index in [1.54, 1.807) is 0 Å². The maximum absolute atomic E-state index is 12.1. The monoisotopic (exact) mass is 605 g/mol. The number of carbonyl (C=O) groups is 2. The standard InChI is InChI=1S/C38H68O5/c1-3-5-7-9-11-13-14-15-16-17-18-19-20-21-22-23-24-25-27-29-31-33-38(41)43-36(34-39)35-42-37(40)32-30-28-26-12-10-8-6-4-2/h14-15,17-18,20-21,36,39H,3-13,16,19,22-35H2,1-2H3/b15-14-,18-17-,21-20-. The molecule has 0 heterocycles. The van der Waals surface area contributed by atoms with Gasteiger partial charge in [0.15, 0.2) is 6.10 Å². The molecule has 0 radical (unpaired) electrons. The highest BCUT2D eigenvalue weighted by atomic mass is 16.6. The Kier molecular flexibility index (Phi) is 33.1. The van der Waals surface area contributed by atoms with Crippen molar-refractivity contribution in [3.63, 3.8) is 0 Å². The third-order valence-corrected chi connectivity index (χ3v) is 7.69. The van der Waals surface area contributed by atoms with Gasteiger partial charge in [-0.1, -0.05) is 147 Å². The van der Waals surface area contributed by atoms with Crippen LogP contribution in [0, 0.1) is 0 Å². The largest absolute Gasteiger partial charge is 0.462 e. The van der Waals surface area contributed by atoms with Crippen LogP contribution in [0.2, 0.25) is 0 Å². The summed E-state index contributed by atoms with van der Waals surface area (Å²) in [4.78, 5) is 24.1. The van der Waals surface area contributed by atoms with Crippen molar-refractivity contribution in [1.29, 1.82) is 0 Å². The molecule has 0 saturated heterocycles. The number of allylic oxidation sites excluding steroid dienone is 6. The van der Waals surface area contributed by atoms with Crippen LogP contribution in [0.15, 0.2) is 36.5 Å². The molecule has 0 aliphatic rings. The number of ether oxygens (including phenoxy) is 2. The molecule has 0 saturated carbocycles. The van der Waals surface area contributed by atoms with Crippen molar-refractivity contribution in [2.45, 2.75) is 180 Å². The van der Waals surface area contributed by atoms with Gasteiger partial charge in [0, 0.05) is 12.8 Å². The Balaban J connectivity index is 3.59. The van der Waals surface area contributed by atoms with Crippen molar-refractivity contribution in [2.75, 3.05) is 13.2 Å². The highest BCUT2D eigenvalue weighted by Gasteiger charge is 2.16. The molecule has 1 N–H and O–H groups in total. The predicted octanol–water partition coefficient (Wildman–Crippen LogP) is 10.9. The fraction of sp³-hybridized carbons (Fsp3) is 0.789. The Labute approximate surface area is 266 Å². The number of unbranched alkanes of at least 4 members (excludes halogenated alkanes) is 18. The summed E-state index contributed by atoms with van der Waals surface area (Å²) in [6.07, 6.45) is 40.6. The quantitative estimate of drug-likeness (QED) is 0.0470. The van der Waals surface area contributed by atoms with E-state index < -0.39 is 6.10 Å². The maximum atomic E-state index is 12.1. The number of hydrogen-bond donors (Lipinski definition) is 1. The average Bonchev–Trinajstić information content (AvgIpc) is 3.01. The zero-order valence-electron chi connectivity index (χ0n) is 28.2. The molecule has 0 amide bonds. The lowest BCUT2D eigenvalue weighted by atomic mass is 10.1. The number of rotatable bonds is 32. The first-order valence-corrected chi connectivity index (χ1v) is 18.0. The molecule has 0 aliphatic carbocycles. The first kappa shape index (κ1) is 41.1. The van der Waals surface area contributed by atoms with E-state index >= 15 is 0 Å². The summed E-state index contributed by atoms with van der Waals surface area (Å²) in [6, 6.07) is 0. The molecule has 1 atom stereocenters. The molecule has 0 aliphatic heterocycles. The number of aliphatic hydroxyl groups is 1. The van der Waals surface area contributed by atoms with Gasteiger partial charge in [-0.05, 0) is 51.4 Å². The molecule has 0 fully saturated rings. The first-order chi connectivity index (χ1) is 21.1. The lowest BCUT2D eigenvalue weighted by Gasteiger charge is -2.15. The molecule has 1 unspecified atom stereocenters. The van der Waals surface area contributed by atoms with Crippen molar-refractivity contribution >= 4 is 11.9 Å². The van der Waals surface area contributed by atoms with E-state index in [4.69, 9.17) is 9.47 Å². The molecule has 250 valence electrons. The molecule has 0 aromatic heterocycles. The fourth-order valence-electron chi connectivity index (χ4n) is 4.91. The van der Waals surface area contributed by atoms with Gasteiger partial charge in [-0.25, -0.2) is 0 Å². The van der Waals surface area contributed by atoms with Crippen LogP contribution in [0.1, 0.15) is 174 Å². The molecule has 5 heteroatoms. The lowest BCUT2D eigenvalue weighted by molar-refractivity contribution is -0.161. The smallest absolute Gasteiger partial charge is 0.306 e. The highest BCUT2D eigenvalue weighted by Crippen LogP contribution is 2.12. The molecule has 0 aromatic carbocycles. The summed E-state index contributed by atoms with van der Waals surface area (Å²) < 4.78 is 10.5. The summed E-state index contributed by atoms with van der Waals surface area (Å²) in [5.41, 5.74) is 0. The molecule has 0 bridgehead atoms. The van der Waals surface area contributed by atoms with Gasteiger partial charge in [-0.15, -0.1) is 0 Å². The van der Waals surface area contributed by atoms with Gasteiger partial charge >= 0.3 is 11.9 Å². The Hall–Kier alpha value is -1.88. The Morgan fingerprint density at radius 1 is 0.535 bits per heavy atom. The van der Waals surface area contributed by atoms with E-state index in [0.29, 0.717) is 12.8 Å². The maximum Gasteiger partial charge on any atom is 0.306 e. The van der Waals surface area contributed by atoms with Crippen LogP contribution in [0.4, 0.5) is 0 Å². The molecular weight excluding hydrogens is 536 g/mol. The Morgan fingerprint density at radius 2 is 0.930 bits per heavy atom. The fourth-order valence-corrected chi connectivity index (χ4v) is 4.91. The number of esters is 2. The van der Waals surface area contributed by atoms with Crippen LogP contribution in [0.25, 0.3) is 0 Å². The highest BCUT2D eigenvalue weighted by molar-refractivity contribution is 5.70. The van der Waals surface area contributed by atoms with Crippen LogP contribution in [-0.4, -0.2) is 36.4 Å². The molecule has 0 aromatic rings. The third kappa shape index (κ3) is 32.9. The van der Waals surface area contributed by atoms with Gasteiger partial charge in [-0.3, -0.25) is 9.59 Å². The van der Waals surface area contributed by atoms with E-state index in [9.17, 15) is 14.7 Å².